The third-order valence-electron chi connectivity index (χ3n) is 6.99. The van der Waals surface area contributed by atoms with Crippen LogP contribution in [-0.2, 0) is 11.3 Å². The molecule has 1 aromatic carbocycles. The summed E-state index contributed by atoms with van der Waals surface area (Å²) in [5.41, 5.74) is 8.12. The number of halogens is 1. The number of nitrogens with two attached hydrogens (primary N) is 1. The third-order valence-corrected chi connectivity index (χ3v) is 7.36. The van der Waals surface area contributed by atoms with Gasteiger partial charge >= 0.3 is 0 Å². The van der Waals surface area contributed by atoms with E-state index in [1.165, 1.54) is 12.6 Å². The summed E-state index contributed by atoms with van der Waals surface area (Å²) in [4.78, 5) is 32.2. The van der Waals surface area contributed by atoms with Crippen LogP contribution in [0.4, 0.5) is 5.69 Å². The van der Waals surface area contributed by atoms with Crippen LogP contribution in [0, 0.1) is 5.92 Å². The quantitative estimate of drug-likeness (QED) is 0.612. The molecule has 3 N–H and O–H groups in total. The van der Waals surface area contributed by atoms with E-state index in [1.54, 1.807) is 30.5 Å². The van der Waals surface area contributed by atoms with Gasteiger partial charge < -0.3 is 16.0 Å². The van der Waals surface area contributed by atoms with Crippen molar-refractivity contribution in [2.45, 2.75) is 76.4 Å². The average molecular weight is 469 g/mol. The van der Waals surface area contributed by atoms with Gasteiger partial charge in [0.1, 0.15) is 0 Å². The Labute approximate surface area is 200 Å². The summed E-state index contributed by atoms with van der Waals surface area (Å²) in [6, 6.07) is 9.31. The molecule has 176 valence electrons. The Morgan fingerprint density at radius 2 is 1.82 bits per heavy atom. The first-order valence-corrected chi connectivity index (χ1v) is 12.4. The predicted octanol–water partition coefficient (Wildman–Crippen LogP) is 5.17. The summed E-state index contributed by atoms with van der Waals surface area (Å²) in [6.07, 6.45) is 12.3. The second kappa shape index (κ2) is 11.1. The molecule has 0 atom stereocenters. The van der Waals surface area contributed by atoms with Crippen molar-refractivity contribution in [3.63, 3.8) is 0 Å². The molecular weight excluding hydrogens is 436 g/mol. The largest absolute Gasteiger partial charge is 0.335 e. The second-order valence-corrected chi connectivity index (χ2v) is 9.78. The van der Waals surface area contributed by atoms with Crippen molar-refractivity contribution in [3.8, 4) is 0 Å². The van der Waals surface area contributed by atoms with Crippen molar-refractivity contribution in [2.75, 3.05) is 5.32 Å². The van der Waals surface area contributed by atoms with Crippen molar-refractivity contribution in [2.24, 2.45) is 11.7 Å². The number of hydrogen-bond donors (Lipinski definition) is 2. The molecular formula is C26H33ClN4O2. The van der Waals surface area contributed by atoms with Gasteiger partial charge in [-0.25, -0.2) is 0 Å². The molecule has 2 saturated carbocycles. The third kappa shape index (κ3) is 6.12. The molecule has 0 saturated heterocycles. The number of carbonyl (C=O) groups excluding carboxylic acids is 2. The summed E-state index contributed by atoms with van der Waals surface area (Å²) in [7, 11) is 0. The number of carbonyl (C=O) groups is 2. The van der Waals surface area contributed by atoms with Crippen LogP contribution in [0.25, 0.3) is 0 Å². The Morgan fingerprint density at radius 3 is 2.52 bits per heavy atom. The Kier molecular flexibility index (Phi) is 7.99. The maximum Gasteiger partial charge on any atom is 0.257 e. The maximum absolute atomic E-state index is 13.6. The van der Waals surface area contributed by atoms with Crippen molar-refractivity contribution in [3.05, 3.63) is 58.9 Å². The minimum absolute atomic E-state index is 0.0987. The van der Waals surface area contributed by atoms with E-state index in [4.69, 9.17) is 17.3 Å². The van der Waals surface area contributed by atoms with Crippen LogP contribution in [-0.4, -0.2) is 33.8 Å². The lowest BCUT2D eigenvalue weighted by Crippen LogP contribution is -2.46. The Morgan fingerprint density at radius 1 is 1.06 bits per heavy atom. The number of anilines is 1. The summed E-state index contributed by atoms with van der Waals surface area (Å²) in [6.45, 7) is 0.449. The number of nitrogens with zero attached hydrogens (tertiary/aromatic N) is 2. The van der Waals surface area contributed by atoms with Crippen LogP contribution in [0.1, 0.15) is 73.7 Å². The van der Waals surface area contributed by atoms with E-state index in [2.05, 4.69) is 15.2 Å². The first-order valence-electron chi connectivity index (χ1n) is 12.1. The van der Waals surface area contributed by atoms with Gasteiger partial charge in [0.15, 0.2) is 0 Å². The van der Waals surface area contributed by atoms with Gasteiger partial charge in [-0.1, -0.05) is 30.9 Å². The highest BCUT2D eigenvalue weighted by molar-refractivity contribution is 6.31. The molecule has 6 nitrogen and oxygen atoms in total. The highest BCUT2D eigenvalue weighted by Crippen LogP contribution is 2.32. The Balaban J connectivity index is 1.53. The lowest BCUT2D eigenvalue weighted by molar-refractivity contribution is -0.140. The van der Waals surface area contributed by atoms with Crippen LogP contribution >= 0.6 is 11.6 Å². The molecule has 2 aromatic rings. The molecule has 2 amide bonds. The molecule has 2 fully saturated rings. The number of pyridine rings is 1. The Hall–Kier alpha value is -2.44. The number of nitrogens with one attached hydrogen (secondary N) is 1. The molecule has 0 aliphatic heterocycles. The fourth-order valence-electron chi connectivity index (χ4n) is 5.04. The van der Waals surface area contributed by atoms with Gasteiger partial charge in [-0.15, -0.1) is 0 Å². The predicted molar refractivity (Wildman–Crippen MR) is 131 cm³/mol. The van der Waals surface area contributed by atoms with Gasteiger partial charge in [0.05, 0.1) is 5.56 Å². The number of amides is 2. The molecule has 4 rings (SSSR count). The van der Waals surface area contributed by atoms with E-state index in [9.17, 15) is 9.59 Å². The van der Waals surface area contributed by atoms with E-state index >= 15 is 0 Å². The lowest BCUT2D eigenvalue weighted by Gasteiger charge is -2.39. The van der Waals surface area contributed by atoms with Crippen molar-refractivity contribution >= 4 is 29.1 Å². The smallest absolute Gasteiger partial charge is 0.257 e. The standard InChI is InChI=1S/C26H33ClN4O2/c27-24-13-10-22(30-25(32)19-7-4-14-29-16-19)15-20(24)17-31(23-11-8-21(28)9-12-23)26(33)18-5-2-1-3-6-18/h4,7,10,13-16,18,21,23H,1-3,5-6,8-9,11-12,17,28H2,(H,30,32). The molecule has 2 aliphatic rings. The van der Waals surface area contributed by atoms with Gasteiger partial charge in [-0.05, 0) is 74.4 Å². The number of hydrogen-bond acceptors (Lipinski definition) is 4. The first kappa shape index (κ1) is 23.7. The van der Waals surface area contributed by atoms with Gasteiger partial charge in [-0.2, -0.15) is 0 Å². The highest BCUT2D eigenvalue weighted by atomic mass is 35.5. The monoisotopic (exact) mass is 468 g/mol. The molecule has 2 aliphatic carbocycles. The highest BCUT2D eigenvalue weighted by Gasteiger charge is 2.33. The van der Waals surface area contributed by atoms with Crippen molar-refractivity contribution in [1.29, 1.82) is 0 Å². The summed E-state index contributed by atoms with van der Waals surface area (Å²) in [5, 5.41) is 3.52. The molecule has 1 heterocycles. The van der Waals surface area contributed by atoms with Crippen LogP contribution in [0.15, 0.2) is 42.7 Å². The molecule has 0 spiro atoms. The van der Waals surface area contributed by atoms with Crippen LogP contribution in [0.2, 0.25) is 5.02 Å². The number of benzene rings is 1. The lowest BCUT2D eigenvalue weighted by atomic mass is 9.85. The molecule has 0 radical (unpaired) electrons. The van der Waals surface area contributed by atoms with E-state index < -0.39 is 0 Å². The summed E-state index contributed by atoms with van der Waals surface area (Å²) in [5.74, 6) is 0.116. The normalized spacial score (nSPS) is 21.4. The fourth-order valence-corrected chi connectivity index (χ4v) is 5.22. The van der Waals surface area contributed by atoms with Crippen LogP contribution in [0.3, 0.4) is 0 Å². The number of aromatic nitrogens is 1. The molecule has 7 heteroatoms. The van der Waals surface area contributed by atoms with Crippen LogP contribution in [0.5, 0.6) is 0 Å². The SMILES string of the molecule is NC1CCC(N(Cc2cc(NC(=O)c3cccnc3)ccc2Cl)C(=O)C2CCCCC2)CC1. The van der Waals surface area contributed by atoms with E-state index in [0.29, 0.717) is 22.8 Å². The summed E-state index contributed by atoms with van der Waals surface area (Å²) < 4.78 is 0. The maximum atomic E-state index is 13.6. The zero-order valence-electron chi connectivity index (χ0n) is 19.0. The zero-order valence-corrected chi connectivity index (χ0v) is 19.8. The van der Waals surface area contributed by atoms with E-state index in [1.807, 2.05) is 6.07 Å². The van der Waals surface area contributed by atoms with E-state index in [-0.39, 0.29) is 29.8 Å². The zero-order chi connectivity index (χ0) is 23.2. The van der Waals surface area contributed by atoms with Gasteiger partial charge in [-0.3, -0.25) is 14.6 Å². The van der Waals surface area contributed by atoms with Gasteiger partial charge in [0.25, 0.3) is 5.91 Å². The average Bonchev–Trinajstić information content (AvgIpc) is 2.85. The minimum Gasteiger partial charge on any atom is -0.335 e. The topological polar surface area (TPSA) is 88.3 Å². The molecule has 33 heavy (non-hydrogen) atoms. The first-order chi connectivity index (χ1) is 16.0. The van der Waals surface area contributed by atoms with E-state index in [0.717, 1.165) is 56.9 Å². The van der Waals surface area contributed by atoms with Gasteiger partial charge in [0, 0.05) is 47.7 Å². The fraction of sp³-hybridized carbons (Fsp3) is 0.500. The van der Waals surface area contributed by atoms with Crippen molar-refractivity contribution < 1.29 is 9.59 Å². The minimum atomic E-state index is -0.229. The van der Waals surface area contributed by atoms with Gasteiger partial charge in [0.2, 0.25) is 5.91 Å². The van der Waals surface area contributed by atoms with Crippen molar-refractivity contribution in [1.82, 2.24) is 9.88 Å². The Bertz CT molecular complexity index is 954. The second-order valence-electron chi connectivity index (χ2n) is 9.37. The molecule has 1 aromatic heterocycles. The molecule has 0 unspecified atom stereocenters. The summed E-state index contributed by atoms with van der Waals surface area (Å²) >= 11 is 6.57. The molecule has 0 bridgehead atoms. The number of rotatable bonds is 6. The van der Waals surface area contributed by atoms with Crippen LogP contribution < -0.4 is 11.1 Å².